The molecule has 0 aliphatic carbocycles. The summed E-state index contributed by atoms with van der Waals surface area (Å²) in [6, 6.07) is 1.10. The lowest BCUT2D eigenvalue weighted by Gasteiger charge is -2.32. The maximum absolute atomic E-state index is 14.4. The second-order valence-electron chi connectivity index (χ2n) is 8.15. The van der Waals surface area contributed by atoms with E-state index in [2.05, 4.69) is 15.3 Å². The first kappa shape index (κ1) is 22.0. The van der Waals surface area contributed by atoms with E-state index in [4.69, 9.17) is 0 Å². The molecule has 1 aliphatic heterocycles. The molecule has 0 saturated carbocycles. The number of carbonyl (C=O) groups is 1. The third-order valence-corrected chi connectivity index (χ3v) is 6.08. The van der Waals surface area contributed by atoms with Gasteiger partial charge in [0.25, 0.3) is 5.91 Å². The molecule has 5 heterocycles. The van der Waals surface area contributed by atoms with Crippen LogP contribution >= 0.6 is 0 Å². The Morgan fingerprint density at radius 3 is 2.53 bits per heavy atom. The van der Waals surface area contributed by atoms with E-state index in [0.29, 0.717) is 29.4 Å². The highest BCUT2D eigenvalue weighted by molar-refractivity contribution is 6.01. The fraction of sp³-hybridized carbons (Fsp3) is 0.333. The fourth-order valence-electron chi connectivity index (χ4n) is 4.52. The number of rotatable bonds is 2. The molecule has 8 nitrogen and oxygen atoms in total. The van der Waals surface area contributed by atoms with Gasteiger partial charge in [0, 0.05) is 32.3 Å². The summed E-state index contributed by atoms with van der Waals surface area (Å²) in [5, 5.41) is 11.9. The minimum absolute atomic E-state index is 0.0228. The number of nitrogens with zero attached hydrogens (tertiary/aromatic N) is 7. The predicted molar refractivity (Wildman–Crippen MR) is 109 cm³/mol. The summed E-state index contributed by atoms with van der Waals surface area (Å²) in [6.07, 6.45) is -2.11. The zero-order valence-electron chi connectivity index (χ0n) is 18.2. The lowest BCUT2D eigenvalue weighted by Crippen LogP contribution is -2.39. The molecule has 1 atom stereocenters. The van der Waals surface area contributed by atoms with E-state index in [1.54, 1.807) is 14.0 Å². The SMILES string of the molecule is CC1c2nn(C)c(-c3cc(C(F)(F)F)nn3C)c2CCN1C(=O)c1cnn2cc(F)cc(F)c12. The number of halogens is 5. The molecule has 178 valence electrons. The number of hydrogen-bond acceptors (Lipinski definition) is 4. The zero-order chi connectivity index (χ0) is 24.5. The summed E-state index contributed by atoms with van der Waals surface area (Å²) < 4.78 is 71.0. The Bertz CT molecular complexity index is 1450. The molecule has 34 heavy (non-hydrogen) atoms. The summed E-state index contributed by atoms with van der Waals surface area (Å²) in [5.74, 6) is -2.25. The third kappa shape index (κ3) is 3.25. The highest BCUT2D eigenvalue weighted by Gasteiger charge is 2.38. The molecule has 0 radical (unpaired) electrons. The molecule has 5 rings (SSSR count). The lowest BCUT2D eigenvalue weighted by molar-refractivity contribution is -0.141. The number of hydrogen-bond donors (Lipinski definition) is 0. The largest absolute Gasteiger partial charge is 0.435 e. The first-order valence-electron chi connectivity index (χ1n) is 10.3. The molecule has 0 saturated heterocycles. The molecule has 0 fully saturated rings. The van der Waals surface area contributed by atoms with Crippen LogP contribution in [0.5, 0.6) is 0 Å². The second-order valence-corrected chi connectivity index (χ2v) is 8.15. The number of fused-ring (bicyclic) bond motifs is 2. The van der Waals surface area contributed by atoms with Gasteiger partial charge in [0.15, 0.2) is 11.5 Å². The Kier molecular flexibility index (Phi) is 4.78. The first-order chi connectivity index (χ1) is 16.0. The summed E-state index contributed by atoms with van der Waals surface area (Å²) in [6.45, 7) is 1.95. The first-order valence-corrected chi connectivity index (χ1v) is 10.3. The van der Waals surface area contributed by atoms with Gasteiger partial charge in [0.2, 0.25) is 0 Å². The molecular weight excluding hydrogens is 461 g/mol. The summed E-state index contributed by atoms with van der Waals surface area (Å²) in [4.78, 5) is 14.8. The van der Waals surface area contributed by atoms with Crippen LogP contribution < -0.4 is 0 Å². The smallest absolute Gasteiger partial charge is 0.330 e. The predicted octanol–water partition coefficient (Wildman–Crippen LogP) is 3.52. The Morgan fingerprint density at radius 1 is 1.12 bits per heavy atom. The molecule has 1 unspecified atom stereocenters. The standard InChI is InChI=1S/C21H18F5N7O/c1-10-17-12(19(31(3)29-17)15-7-16(21(24,25)26)28-30(15)2)4-5-32(10)20(34)13-8-27-33-9-11(22)6-14(23)18(13)33/h6-10H,4-5H2,1-3H3. The third-order valence-electron chi connectivity index (χ3n) is 6.08. The lowest BCUT2D eigenvalue weighted by atomic mass is 9.96. The van der Waals surface area contributed by atoms with Gasteiger partial charge in [0.05, 0.1) is 41.1 Å². The van der Waals surface area contributed by atoms with Crippen molar-refractivity contribution in [1.29, 1.82) is 0 Å². The van der Waals surface area contributed by atoms with Gasteiger partial charge in [-0.05, 0) is 19.4 Å². The molecular formula is C21H18F5N7O. The van der Waals surface area contributed by atoms with E-state index >= 15 is 0 Å². The van der Waals surface area contributed by atoms with Crippen molar-refractivity contribution in [2.45, 2.75) is 25.6 Å². The monoisotopic (exact) mass is 479 g/mol. The van der Waals surface area contributed by atoms with Gasteiger partial charge in [-0.2, -0.15) is 28.5 Å². The van der Waals surface area contributed by atoms with E-state index in [-0.39, 0.29) is 23.3 Å². The topological polar surface area (TPSA) is 73.2 Å². The minimum atomic E-state index is -4.59. The Balaban J connectivity index is 1.53. The van der Waals surface area contributed by atoms with Crippen LogP contribution in [0.1, 0.15) is 40.3 Å². The average Bonchev–Trinajstić information content (AvgIpc) is 3.42. The molecule has 13 heteroatoms. The van der Waals surface area contributed by atoms with E-state index in [1.165, 1.54) is 22.8 Å². The molecule has 1 aliphatic rings. The number of aromatic nitrogens is 6. The molecule has 1 amide bonds. The Labute approximate surface area is 189 Å². The average molecular weight is 479 g/mol. The van der Waals surface area contributed by atoms with Gasteiger partial charge in [-0.3, -0.25) is 14.2 Å². The van der Waals surface area contributed by atoms with Gasteiger partial charge in [-0.25, -0.2) is 13.3 Å². The van der Waals surface area contributed by atoms with Crippen molar-refractivity contribution in [3.05, 3.63) is 58.7 Å². The highest BCUT2D eigenvalue weighted by Crippen LogP contribution is 2.38. The van der Waals surface area contributed by atoms with Gasteiger partial charge < -0.3 is 4.90 Å². The van der Waals surface area contributed by atoms with Crippen LogP contribution in [0.3, 0.4) is 0 Å². The van der Waals surface area contributed by atoms with Gasteiger partial charge in [0.1, 0.15) is 11.3 Å². The van der Waals surface area contributed by atoms with Crippen molar-refractivity contribution in [3.8, 4) is 11.4 Å². The molecule has 0 N–H and O–H groups in total. The van der Waals surface area contributed by atoms with Gasteiger partial charge >= 0.3 is 6.18 Å². The summed E-state index contributed by atoms with van der Waals surface area (Å²) in [5.41, 5.74) is 0.802. The van der Waals surface area contributed by atoms with Crippen molar-refractivity contribution < 1.29 is 26.7 Å². The maximum Gasteiger partial charge on any atom is 0.435 e. The van der Waals surface area contributed by atoms with Crippen LogP contribution in [0.4, 0.5) is 22.0 Å². The molecule has 4 aromatic heterocycles. The molecule has 0 bridgehead atoms. The maximum atomic E-state index is 14.4. The number of alkyl halides is 3. The van der Waals surface area contributed by atoms with Crippen molar-refractivity contribution >= 4 is 11.4 Å². The highest BCUT2D eigenvalue weighted by atomic mass is 19.4. The fourth-order valence-corrected chi connectivity index (χ4v) is 4.52. The normalized spacial score (nSPS) is 16.4. The van der Waals surface area contributed by atoms with Crippen LogP contribution in [0, 0.1) is 11.6 Å². The van der Waals surface area contributed by atoms with Crippen LogP contribution in [-0.2, 0) is 26.7 Å². The van der Waals surface area contributed by atoms with Crippen molar-refractivity contribution in [2.24, 2.45) is 14.1 Å². The van der Waals surface area contributed by atoms with Crippen LogP contribution in [0.15, 0.2) is 24.5 Å². The van der Waals surface area contributed by atoms with E-state index in [9.17, 15) is 26.7 Å². The Hall–Kier alpha value is -3.77. The zero-order valence-corrected chi connectivity index (χ0v) is 18.2. The number of aryl methyl sites for hydroxylation is 2. The van der Waals surface area contributed by atoms with Crippen LogP contribution in [0.2, 0.25) is 0 Å². The number of pyridine rings is 1. The van der Waals surface area contributed by atoms with Crippen molar-refractivity contribution in [2.75, 3.05) is 6.54 Å². The number of amides is 1. The van der Waals surface area contributed by atoms with Crippen molar-refractivity contribution in [3.63, 3.8) is 0 Å². The summed E-state index contributed by atoms with van der Waals surface area (Å²) in [7, 11) is 3.04. The molecule has 0 spiro atoms. The van der Waals surface area contributed by atoms with Crippen LogP contribution in [0.25, 0.3) is 16.9 Å². The summed E-state index contributed by atoms with van der Waals surface area (Å²) >= 11 is 0. The minimum Gasteiger partial charge on any atom is -0.330 e. The van der Waals surface area contributed by atoms with E-state index in [0.717, 1.165) is 21.5 Å². The van der Waals surface area contributed by atoms with E-state index < -0.39 is 35.5 Å². The Morgan fingerprint density at radius 2 is 1.85 bits per heavy atom. The van der Waals surface area contributed by atoms with Gasteiger partial charge in [-0.1, -0.05) is 0 Å². The second kappa shape index (κ2) is 7.37. The van der Waals surface area contributed by atoms with Gasteiger partial charge in [-0.15, -0.1) is 0 Å². The number of carbonyl (C=O) groups excluding carboxylic acids is 1. The quantitative estimate of drug-likeness (QED) is 0.413. The van der Waals surface area contributed by atoms with E-state index in [1.807, 2.05) is 0 Å². The van der Waals surface area contributed by atoms with Crippen LogP contribution in [-0.4, -0.2) is 46.5 Å². The van der Waals surface area contributed by atoms with Crippen molar-refractivity contribution in [1.82, 2.24) is 34.1 Å². The molecule has 4 aromatic rings. The molecule has 0 aromatic carbocycles.